The molecule has 1 N–H and O–H groups in total. The van der Waals surface area contributed by atoms with E-state index < -0.39 is 0 Å². The number of fused-ring (bicyclic) bond motifs is 1. The van der Waals surface area contributed by atoms with Gasteiger partial charge in [-0.1, -0.05) is 12.8 Å². The van der Waals surface area contributed by atoms with E-state index in [1.807, 2.05) is 0 Å². The van der Waals surface area contributed by atoms with Crippen LogP contribution in [0.25, 0.3) is 0 Å². The van der Waals surface area contributed by atoms with Crippen LogP contribution in [0.2, 0.25) is 0 Å². The summed E-state index contributed by atoms with van der Waals surface area (Å²) in [6.45, 7) is 12.2. The molecular weight excluding hydrogens is 248 g/mol. The van der Waals surface area contributed by atoms with Crippen molar-refractivity contribution in [3.8, 4) is 0 Å². The fraction of sp³-hybridized carbons (Fsp3) is 1.00. The number of ether oxygens (including phenoxy) is 1. The number of nitrogens with one attached hydrogen (secondary N) is 1. The minimum atomic E-state index is -0.0207. The first-order chi connectivity index (χ1) is 9.33. The average molecular weight is 280 g/mol. The molecule has 3 aliphatic rings. The summed E-state index contributed by atoms with van der Waals surface area (Å²) in [6, 6.07) is 1.52. The highest BCUT2D eigenvalue weighted by Gasteiger charge is 2.41. The highest BCUT2D eigenvalue weighted by atomic mass is 16.5. The van der Waals surface area contributed by atoms with E-state index in [2.05, 4.69) is 37.9 Å². The van der Waals surface area contributed by atoms with Gasteiger partial charge in [0.1, 0.15) is 0 Å². The van der Waals surface area contributed by atoms with Crippen LogP contribution in [0.5, 0.6) is 0 Å². The third-order valence-electron chi connectivity index (χ3n) is 5.19. The van der Waals surface area contributed by atoms with E-state index in [-0.39, 0.29) is 11.2 Å². The highest BCUT2D eigenvalue weighted by Crippen LogP contribution is 2.34. The van der Waals surface area contributed by atoms with Gasteiger partial charge in [0, 0.05) is 31.7 Å². The minimum Gasteiger partial charge on any atom is -0.367 e. The van der Waals surface area contributed by atoms with Crippen molar-refractivity contribution in [3.63, 3.8) is 0 Å². The SMILES string of the molecule is CC1(C)CN(CC2CC3CCCCC3N2)CC(C)(C)O1. The van der Waals surface area contributed by atoms with Gasteiger partial charge >= 0.3 is 0 Å². The molecule has 0 spiro atoms. The van der Waals surface area contributed by atoms with Gasteiger partial charge in [-0.15, -0.1) is 0 Å². The maximum absolute atomic E-state index is 6.19. The lowest BCUT2D eigenvalue weighted by Crippen LogP contribution is -2.59. The Bertz CT molecular complexity index is 323. The maximum atomic E-state index is 6.19. The summed E-state index contributed by atoms with van der Waals surface area (Å²) >= 11 is 0. The van der Waals surface area contributed by atoms with Crippen molar-refractivity contribution in [3.05, 3.63) is 0 Å². The van der Waals surface area contributed by atoms with Gasteiger partial charge in [-0.3, -0.25) is 4.90 Å². The normalized spacial score (nSPS) is 40.5. The van der Waals surface area contributed by atoms with E-state index >= 15 is 0 Å². The third-order valence-corrected chi connectivity index (χ3v) is 5.19. The molecule has 0 aromatic heterocycles. The monoisotopic (exact) mass is 280 g/mol. The molecule has 3 rings (SSSR count). The van der Waals surface area contributed by atoms with E-state index in [9.17, 15) is 0 Å². The topological polar surface area (TPSA) is 24.5 Å². The molecule has 3 heteroatoms. The highest BCUT2D eigenvalue weighted by molar-refractivity contribution is 4.96. The molecule has 1 aliphatic carbocycles. The molecule has 0 aromatic rings. The first-order valence-corrected chi connectivity index (χ1v) is 8.52. The van der Waals surface area contributed by atoms with Crippen LogP contribution in [0, 0.1) is 5.92 Å². The summed E-state index contributed by atoms with van der Waals surface area (Å²) in [4.78, 5) is 2.62. The van der Waals surface area contributed by atoms with Crippen LogP contribution in [-0.2, 0) is 4.74 Å². The maximum Gasteiger partial charge on any atom is 0.0760 e. The molecule has 0 aromatic carbocycles. The Morgan fingerprint density at radius 1 is 1.05 bits per heavy atom. The predicted octanol–water partition coefficient (Wildman–Crippen LogP) is 2.80. The largest absolute Gasteiger partial charge is 0.367 e. The number of nitrogens with zero attached hydrogens (tertiary/aromatic N) is 1. The van der Waals surface area contributed by atoms with Crippen molar-refractivity contribution in [1.82, 2.24) is 10.2 Å². The Hall–Kier alpha value is -0.120. The summed E-state index contributed by atoms with van der Waals surface area (Å²) in [7, 11) is 0. The molecule has 0 bridgehead atoms. The van der Waals surface area contributed by atoms with Crippen molar-refractivity contribution in [2.24, 2.45) is 5.92 Å². The summed E-state index contributed by atoms with van der Waals surface area (Å²) in [5, 5.41) is 3.91. The molecule has 3 nitrogen and oxygen atoms in total. The lowest BCUT2D eigenvalue weighted by molar-refractivity contribution is -0.181. The lowest BCUT2D eigenvalue weighted by atomic mass is 9.85. The van der Waals surface area contributed by atoms with Crippen LogP contribution in [-0.4, -0.2) is 47.8 Å². The van der Waals surface area contributed by atoms with E-state index in [0.717, 1.165) is 25.0 Å². The first kappa shape index (κ1) is 14.8. The summed E-state index contributed by atoms with van der Waals surface area (Å²) < 4.78 is 6.19. The molecule has 1 saturated carbocycles. The van der Waals surface area contributed by atoms with E-state index in [1.54, 1.807) is 0 Å². The molecule has 116 valence electrons. The zero-order valence-corrected chi connectivity index (χ0v) is 13.7. The van der Waals surface area contributed by atoms with Crippen LogP contribution in [0.15, 0.2) is 0 Å². The van der Waals surface area contributed by atoms with Gasteiger partial charge in [0.05, 0.1) is 11.2 Å². The van der Waals surface area contributed by atoms with Gasteiger partial charge in [-0.2, -0.15) is 0 Å². The second kappa shape index (κ2) is 5.26. The fourth-order valence-electron chi connectivity index (χ4n) is 4.96. The molecule has 2 heterocycles. The second-order valence-electron chi connectivity index (χ2n) is 8.54. The van der Waals surface area contributed by atoms with E-state index in [4.69, 9.17) is 4.74 Å². The number of morpholine rings is 1. The van der Waals surface area contributed by atoms with Crippen LogP contribution < -0.4 is 5.32 Å². The first-order valence-electron chi connectivity index (χ1n) is 8.52. The number of hydrogen-bond donors (Lipinski definition) is 1. The van der Waals surface area contributed by atoms with Gasteiger partial charge in [0.25, 0.3) is 0 Å². The Kier molecular flexibility index (Phi) is 3.89. The number of rotatable bonds is 2. The predicted molar refractivity (Wildman–Crippen MR) is 83.0 cm³/mol. The fourth-order valence-corrected chi connectivity index (χ4v) is 4.96. The van der Waals surface area contributed by atoms with E-state index in [1.165, 1.54) is 38.6 Å². The molecule has 0 radical (unpaired) electrons. The smallest absolute Gasteiger partial charge is 0.0760 e. The molecular formula is C17H32N2O. The van der Waals surface area contributed by atoms with Gasteiger partial charge in [-0.25, -0.2) is 0 Å². The van der Waals surface area contributed by atoms with E-state index in [0.29, 0.717) is 6.04 Å². The number of hydrogen-bond acceptors (Lipinski definition) is 3. The van der Waals surface area contributed by atoms with Crippen molar-refractivity contribution in [1.29, 1.82) is 0 Å². The summed E-state index contributed by atoms with van der Waals surface area (Å²) in [5.74, 6) is 0.954. The molecule has 20 heavy (non-hydrogen) atoms. The Balaban J connectivity index is 1.58. The summed E-state index contributed by atoms with van der Waals surface area (Å²) in [5.41, 5.74) is -0.0414. The molecule has 0 amide bonds. The van der Waals surface area contributed by atoms with Crippen LogP contribution in [0.3, 0.4) is 0 Å². The van der Waals surface area contributed by atoms with Crippen LogP contribution in [0.1, 0.15) is 59.8 Å². The minimum absolute atomic E-state index is 0.0207. The molecule has 3 atom stereocenters. The van der Waals surface area contributed by atoms with Crippen LogP contribution >= 0.6 is 0 Å². The Morgan fingerprint density at radius 3 is 2.35 bits per heavy atom. The quantitative estimate of drug-likeness (QED) is 0.842. The standard InChI is InChI=1S/C17H32N2O/c1-16(2)11-19(12-17(3,4)20-16)10-14-9-13-7-5-6-8-15(13)18-14/h13-15,18H,5-12H2,1-4H3. The Morgan fingerprint density at radius 2 is 1.70 bits per heavy atom. The average Bonchev–Trinajstić information content (AvgIpc) is 2.66. The van der Waals surface area contributed by atoms with Gasteiger partial charge in [0.15, 0.2) is 0 Å². The molecule has 3 fully saturated rings. The van der Waals surface area contributed by atoms with Crippen molar-refractivity contribution in [2.45, 2.75) is 83.1 Å². The van der Waals surface area contributed by atoms with Crippen molar-refractivity contribution in [2.75, 3.05) is 19.6 Å². The molecule has 2 saturated heterocycles. The van der Waals surface area contributed by atoms with Crippen LogP contribution in [0.4, 0.5) is 0 Å². The van der Waals surface area contributed by atoms with Gasteiger partial charge < -0.3 is 10.1 Å². The summed E-state index contributed by atoms with van der Waals surface area (Å²) in [6.07, 6.45) is 7.13. The zero-order chi connectivity index (χ0) is 14.4. The third kappa shape index (κ3) is 3.37. The Labute approximate surface area is 124 Å². The lowest BCUT2D eigenvalue weighted by Gasteiger charge is -2.47. The zero-order valence-electron chi connectivity index (χ0n) is 13.7. The molecule has 3 unspecified atom stereocenters. The second-order valence-corrected chi connectivity index (χ2v) is 8.54. The van der Waals surface area contributed by atoms with Gasteiger partial charge in [0.2, 0.25) is 0 Å². The van der Waals surface area contributed by atoms with Crippen molar-refractivity contribution < 1.29 is 4.74 Å². The molecule has 2 aliphatic heterocycles. The van der Waals surface area contributed by atoms with Gasteiger partial charge in [-0.05, 0) is 52.9 Å². The van der Waals surface area contributed by atoms with Crippen molar-refractivity contribution >= 4 is 0 Å².